The van der Waals surface area contributed by atoms with Gasteiger partial charge < -0.3 is 5.32 Å². The van der Waals surface area contributed by atoms with Crippen LogP contribution in [0.1, 0.15) is 31.7 Å². The van der Waals surface area contributed by atoms with Crippen LogP contribution >= 0.6 is 23.2 Å². The second-order valence-electron chi connectivity index (χ2n) is 6.20. The molecule has 1 aromatic carbocycles. The zero-order valence-corrected chi connectivity index (χ0v) is 13.4. The van der Waals surface area contributed by atoms with Gasteiger partial charge in [0.25, 0.3) is 0 Å². The molecule has 2 unspecified atom stereocenters. The van der Waals surface area contributed by atoms with E-state index < -0.39 is 0 Å². The average Bonchev–Trinajstić information content (AvgIpc) is 3.24. The van der Waals surface area contributed by atoms with E-state index in [9.17, 15) is 0 Å². The molecular weight excluding hydrogens is 291 g/mol. The van der Waals surface area contributed by atoms with Crippen LogP contribution in [-0.4, -0.2) is 30.1 Å². The summed E-state index contributed by atoms with van der Waals surface area (Å²) in [6.45, 7) is 5.46. The summed E-state index contributed by atoms with van der Waals surface area (Å²) in [4.78, 5) is 2.56. The molecule has 1 heterocycles. The van der Waals surface area contributed by atoms with Crippen LogP contribution in [0.3, 0.4) is 0 Å². The van der Waals surface area contributed by atoms with Gasteiger partial charge in [-0.1, -0.05) is 23.2 Å². The Hall–Kier alpha value is -0.280. The van der Waals surface area contributed by atoms with E-state index in [0.717, 1.165) is 41.2 Å². The highest BCUT2D eigenvalue weighted by Crippen LogP contribution is 2.34. The minimum absolute atomic E-state index is 0.585. The Morgan fingerprint density at radius 2 is 2.05 bits per heavy atom. The lowest BCUT2D eigenvalue weighted by Gasteiger charge is -2.29. The van der Waals surface area contributed by atoms with Crippen LogP contribution < -0.4 is 5.32 Å². The van der Waals surface area contributed by atoms with Crippen molar-refractivity contribution in [3.05, 3.63) is 33.8 Å². The summed E-state index contributed by atoms with van der Waals surface area (Å²) in [5.41, 5.74) is 1.14. The average molecular weight is 313 g/mol. The molecule has 0 bridgehead atoms. The number of hydrogen-bond donors (Lipinski definition) is 1. The lowest BCUT2D eigenvalue weighted by Crippen LogP contribution is -2.40. The summed E-state index contributed by atoms with van der Waals surface area (Å²) in [7, 11) is 0. The number of benzene rings is 1. The molecular formula is C16H22Cl2N2. The molecule has 1 N–H and O–H groups in total. The number of nitrogens with zero attached hydrogens (tertiary/aromatic N) is 1. The van der Waals surface area contributed by atoms with Gasteiger partial charge in [0.1, 0.15) is 0 Å². The summed E-state index contributed by atoms with van der Waals surface area (Å²) in [5, 5.41) is 5.30. The molecule has 0 radical (unpaired) electrons. The molecule has 0 amide bonds. The van der Waals surface area contributed by atoms with E-state index in [2.05, 4.69) is 17.1 Å². The van der Waals surface area contributed by atoms with Gasteiger partial charge in [-0.05, 0) is 62.4 Å². The Bertz CT molecular complexity index is 474. The molecule has 4 heteroatoms. The predicted molar refractivity (Wildman–Crippen MR) is 85.5 cm³/mol. The van der Waals surface area contributed by atoms with Crippen LogP contribution in [0.25, 0.3) is 0 Å². The lowest BCUT2D eigenvalue weighted by molar-refractivity contribution is 0.191. The first-order valence-corrected chi connectivity index (χ1v) is 8.30. The van der Waals surface area contributed by atoms with Crippen LogP contribution in [-0.2, 0) is 6.54 Å². The standard InChI is InChI=1S/C16H22Cl2N2/c1-11-6-7-19-16(12-2-3-12)10-20(11)9-13-8-14(17)4-5-15(13)18/h4-5,8,11-12,16,19H,2-3,6-7,9-10H2,1H3. The van der Waals surface area contributed by atoms with E-state index in [1.54, 1.807) is 0 Å². The number of halogens is 2. The summed E-state index contributed by atoms with van der Waals surface area (Å²) in [6.07, 6.45) is 3.97. The Labute approximate surface area is 131 Å². The maximum atomic E-state index is 6.31. The van der Waals surface area contributed by atoms with Crippen molar-refractivity contribution >= 4 is 23.2 Å². The van der Waals surface area contributed by atoms with Gasteiger partial charge in [-0.25, -0.2) is 0 Å². The van der Waals surface area contributed by atoms with E-state index in [-0.39, 0.29) is 0 Å². The zero-order chi connectivity index (χ0) is 14.1. The third-order valence-electron chi connectivity index (χ3n) is 4.60. The van der Waals surface area contributed by atoms with Crippen LogP contribution in [0.5, 0.6) is 0 Å². The smallest absolute Gasteiger partial charge is 0.0452 e. The monoisotopic (exact) mass is 312 g/mol. The summed E-state index contributed by atoms with van der Waals surface area (Å²) < 4.78 is 0. The molecule has 2 fully saturated rings. The Balaban J connectivity index is 1.74. The molecule has 2 atom stereocenters. The largest absolute Gasteiger partial charge is 0.312 e. The predicted octanol–water partition coefficient (Wildman–Crippen LogP) is 3.96. The minimum Gasteiger partial charge on any atom is -0.312 e. The van der Waals surface area contributed by atoms with E-state index in [0.29, 0.717) is 12.1 Å². The highest BCUT2D eigenvalue weighted by atomic mass is 35.5. The molecule has 1 aromatic rings. The molecule has 20 heavy (non-hydrogen) atoms. The second kappa shape index (κ2) is 6.23. The topological polar surface area (TPSA) is 15.3 Å². The molecule has 110 valence electrons. The number of nitrogens with one attached hydrogen (secondary N) is 1. The third kappa shape index (κ3) is 3.48. The molecule has 1 aliphatic heterocycles. The van der Waals surface area contributed by atoms with Crippen molar-refractivity contribution in [1.82, 2.24) is 10.2 Å². The van der Waals surface area contributed by atoms with Gasteiger partial charge >= 0.3 is 0 Å². The molecule has 0 spiro atoms. The molecule has 3 rings (SSSR count). The van der Waals surface area contributed by atoms with Crippen LogP contribution in [0, 0.1) is 5.92 Å². The molecule has 1 aliphatic carbocycles. The van der Waals surface area contributed by atoms with Crippen molar-refractivity contribution in [2.75, 3.05) is 13.1 Å². The number of hydrogen-bond acceptors (Lipinski definition) is 2. The van der Waals surface area contributed by atoms with Crippen molar-refractivity contribution in [2.45, 2.75) is 44.8 Å². The van der Waals surface area contributed by atoms with Crippen LogP contribution in [0.15, 0.2) is 18.2 Å². The summed E-state index contributed by atoms with van der Waals surface area (Å²) in [6, 6.07) is 6.99. The maximum absolute atomic E-state index is 6.31. The van der Waals surface area contributed by atoms with Crippen molar-refractivity contribution in [3.63, 3.8) is 0 Å². The van der Waals surface area contributed by atoms with Gasteiger partial charge in [0.15, 0.2) is 0 Å². The summed E-state index contributed by atoms with van der Waals surface area (Å²) in [5.74, 6) is 0.887. The quantitative estimate of drug-likeness (QED) is 0.909. The number of rotatable bonds is 3. The van der Waals surface area contributed by atoms with Gasteiger partial charge in [-0.3, -0.25) is 4.90 Å². The van der Waals surface area contributed by atoms with E-state index in [4.69, 9.17) is 23.2 Å². The van der Waals surface area contributed by atoms with Crippen molar-refractivity contribution < 1.29 is 0 Å². The molecule has 2 aliphatic rings. The fourth-order valence-electron chi connectivity index (χ4n) is 3.08. The second-order valence-corrected chi connectivity index (χ2v) is 7.04. The van der Waals surface area contributed by atoms with E-state index >= 15 is 0 Å². The molecule has 1 saturated heterocycles. The van der Waals surface area contributed by atoms with Crippen LogP contribution in [0.2, 0.25) is 10.0 Å². The van der Waals surface area contributed by atoms with Gasteiger partial charge in [0.05, 0.1) is 0 Å². The Morgan fingerprint density at radius 3 is 2.80 bits per heavy atom. The Kier molecular flexibility index (Phi) is 4.56. The van der Waals surface area contributed by atoms with E-state index in [1.165, 1.54) is 19.3 Å². The third-order valence-corrected chi connectivity index (χ3v) is 5.20. The van der Waals surface area contributed by atoms with Gasteiger partial charge in [0.2, 0.25) is 0 Å². The lowest BCUT2D eigenvalue weighted by atomic mass is 10.1. The van der Waals surface area contributed by atoms with Gasteiger partial charge in [-0.15, -0.1) is 0 Å². The van der Waals surface area contributed by atoms with Crippen molar-refractivity contribution in [2.24, 2.45) is 5.92 Å². The highest BCUT2D eigenvalue weighted by molar-refractivity contribution is 6.33. The van der Waals surface area contributed by atoms with Crippen molar-refractivity contribution in [3.8, 4) is 0 Å². The molecule has 0 aromatic heterocycles. The van der Waals surface area contributed by atoms with Gasteiger partial charge in [0, 0.05) is 35.2 Å². The van der Waals surface area contributed by atoms with Crippen LogP contribution in [0.4, 0.5) is 0 Å². The molecule has 1 saturated carbocycles. The first-order valence-electron chi connectivity index (χ1n) is 7.55. The fraction of sp³-hybridized carbons (Fsp3) is 0.625. The Morgan fingerprint density at radius 1 is 1.25 bits per heavy atom. The first kappa shape index (κ1) is 14.6. The normalized spacial score (nSPS) is 28.4. The van der Waals surface area contributed by atoms with Gasteiger partial charge in [-0.2, -0.15) is 0 Å². The summed E-state index contributed by atoms with van der Waals surface area (Å²) >= 11 is 12.4. The highest BCUT2D eigenvalue weighted by Gasteiger charge is 2.34. The maximum Gasteiger partial charge on any atom is 0.0452 e. The van der Waals surface area contributed by atoms with Crippen molar-refractivity contribution in [1.29, 1.82) is 0 Å². The van der Waals surface area contributed by atoms with E-state index in [1.807, 2.05) is 18.2 Å². The first-order chi connectivity index (χ1) is 9.63. The fourth-order valence-corrected chi connectivity index (χ4v) is 3.45. The SMILES string of the molecule is CC1CCNC(C2CC2)CN1Cc1cc(Cl)ccc1Cl. The molecule has 2 nitrogen and oxygen atoms in total. The zero-order valence-electron chi connectivity index (χ0n) is 11.9. The minimum atomic E-state index is 0.585.